The van der Waals surface area contributed by atoms with Crippen LogP contribution in [0.5, 0.6) is 0 Å². The second kappa shape index (κ2) is 20.9. The first-order valence-electron chi connectivity index (χ1n) is 12.6. The average molecular weight is 401 g/mol. The van der Waals surface area contributed by atoms with E-state index in [0.717, 1.165) is 0 Å². The molecule has 0 atom stereocenters. The Balaban J connectivity index is 3.49. The molecule has 0 spiro atoms. The lowest BCUT2D eigenvalue weighted by Crippen LogP contribution is -2.49. The molecule has 0 fully saturated rings. The monoisotopic (exact) mass is 400 g/mol. The van der Waals surface area contributed by atoms with Gasteiger partial charge in [0.1, 0.15) is 0 Å². The molecule has 3 heteroatoms. The molecule has 0 aliphatic carbocycles. The summed E-state index contributed by atoms with van der Waals surface area (Å²) in [6.45, 7) is 12.5. The van der Waals surface area contributed by atoms with E-state index >= 15 is 0 Å². The molecule has 0 saturated heterocycles. The van der Waals surface area contributed by atoms with Crippen LogP contribution in [0.4, 0.5) is 0 Å². The summed E-state index contributed by atoms with van der Waals surface area (Å²) in [6, 6.07) is 1.36. The molecule has 0 radical (unpaired) electrons. The third-order valence-electron chi connectivity index (χ3n) is 6.56. The van der Waals surface area contributed by atoms with E-state index in [0.29, 0.717) is 0 Å². The Hall–Kier alpha value is 0.137. The number of nitrogens with zero attached hydrogens (tertiary/aromatic N) is 1. The lowest BCUT2D eigenvalue weighted by Gasteiger charge is -2.37. The molecule has 0 aromatic carbocycles. The molecule has 0 N–H and O–H groups in total. The SMILES string of the molecule is CCCCCCCCCCCCCCCC[N+](CC)(CC)CCC[SiH2]OC. The summed E-state index contributed by atoms with van der Waals surface area (Å²) in [4.78, 5) is 0. The molecule has 0 bridgehead atoms. The van der Waals surface area contributed by atoms with Gasteiger partial charge < -0.3 is 8.91 Å². The topological polar surface area (TPSA) is 9.23 Å². The molecule has 2 nitrogen and oxygen atoms in total. The molecule has 0 aliphatic rings. The van der Waals surface area contributed by atoms with Gasteiger partial charge in [-0.2, -0.15) is 0 Å². The third-order valence-corrected chi connectivity index (χ3v) is 7.76. The van der Waals surface area contributed by atoms with Crippen molar-refractivity contribution in [3.8, 4) is 0 Å². The molecule has 0 aliphatic heterocycles. The first kappa shape index (κ1) is 27.1. The van der Waals surface area contributed by atoms with Crippen molar-refractivity contribution in [3.63, 3.8) is 0 Å². The van der Waals surface area contributed by atoms with E-state index < -0.39 is 0 Å². The van der Waals surface area contributed by atoms with Crippen molar-refractivity contribution in [1.29, 1.82) is 0 Å². The highest BCUT2D eigenvalue weighted by Gasteiger charge is 2.21. The Morgan fingerprint density at radius 2 is 0.963 bits per heavy atom. The van der Waals surface area contributed by atoms with Crippen molar-refractivity contribution in [2.45, 2.75) is 123 Å². The smallest absolute Gasteiger partial charge is 0.161 e. The van der Waals surface area contributed by atoms with Crippen LogP contribution < -0.4 is 0 Å². The maximum atomic E-state index is 5.34. The number of hydrogen-bond acceptors (Lipinski definition) is 1. The maximum absolute atomic E-state index is 5.34. The Labute approximate surface area is 175 Å². The molecule has 0 aromatic rings. The summed E-state index contributed by atoms with van der Waals surface area (Å²) in [6.07, 6.45) is 21.8. The highest BCUT2D eigenvalue weighted by Crippen LogP contribution is 2.15. The van der Waals surface area contributed by atoms with E-state index in [1.165, 1.54) is 133 Å². The van der Waals surface area contributed by atoms with Crippen LogP contribution >= 0.6 is 0 Å². The lowest BCUT2D eigenvalue weighted by molar-refractivity contribution is -0.925. The van der Waals surface area contributed by atoms with Crippen LogP contribution in [0, 0.1) is 0 Å². The van der Waals surface area contributed by atoms with Gasteiger partial charge in [-0.25, -0.2) is 0 Å². The van der Waals surface area contributed by atoms with Crippen LogP contribution in [0.15, 0.2) is 0 Å². The standard InChI is InChI=1S/C24H54NOSi/c1-5-8-9-10-11-12-13-14-15-16-17-18-19-20-22-25(6-2,7-3)23-21-24-27-26-4/h5-24,27H2,1-4H3/q+1. The van der Waals surface area contributed by atoms with Gasteiger partial charge in [0, 0.05) is 7.11 Å². The summed E-state index contributed by atoms with van der Waals surface area (Å²) in [7, 11) is 1.66. The Kier molecular flexibility index (Phi) is 21.0. The Morgan fingerprint density at radius 3 is 1.37 bits per heavy atom. The van der Waals surface area contributed by atoms with Gasteiger partial charge in [-0.05, 0) is 39.2 Å². The predicted molar refractivity (Wildman–Crippen MR) is 126 cm³/mol. The zero-order valence-corrected chi connectivity index (χ0v) is 21.1. The first-order valence-corrected chi connectivity index (χ1v) is 14.2. The number of rotatable bonds is 22. The molecule has 164 valence electrons. The highest BCUT2D eigenvalue weighted by atomic mass is 28.2. The fraction of sp³-hybridized carbons (Fsp3) is 1.00. The zero-order chi connectivity index (χ0) is 20.1. The van der Waals surface area contributed by atoms with Crippen molar-refractivity contribution in [2.75, 3.05) is 33.3 Å². The van der Waals surface area contributed by atoms with Gasteiger partial charge >= 0.3 is 0 Å². The minimum atomic E-state index is -0.219. The molecule has 0 heterocycles. The van der Waals surface area contributed by atoms with Gasteiger partial charge in [0.2, 0.25) is 0 Å². The van der Waals surface area contributed by atoms with Crippen LogP contribution in [0.2, 0.25) is 6.04 Å². The zero-order valence-electron chi connectivity index (χ0n) is 19.7. The van der Waals surface area contributed by atoms with E-state index in [4.69, 9.17) is 4.43 Å². The normalized spacial score (nSPS) is 12.4. The van der Waals surface area contributed by atoms with Gasteiger partial charge in [0.15, 0.2) is 9.76 Å². The average Bonchev–Trinajstić information content (AvgIpc) is 2.70. The van der Waals surface area contributed by atoms with Crippen molar-refractivity contribution in [1.82, 2.24) is 0 Å². The van der Waals surface area contributed by atoms with Crippen molar-refractivity contribution in [3.05, 3.63) is 0 Å². The van der Waals surface area contributed by atoms with Crippen LogP contribution in [0.3, 0.4) is 0 Å². The summed E-state index contributed by atoms with van der Waals surface area (Å²) in [5.41, 5.74) is 0. The largest absolute Gasteiger partial charge is 0.427 e. The second-order valence-corrected chi connectivity index (χ2v) is 10.4. The van der Waals surface area contributed by atoms with Gasteiger partial charge in [-0.1, -0.05) is 84.0 Å². The van der Waals surface area contributed by atoms with E-state index in [1.54, 1.807) is 0 Å². The Morgan fingerprint density at radius 1 is 0.556 bits per heavy atom. The molecule has 0 saturated carbocycles. The summed E-state index contributed by atoms with van der Waals surface area (Å²) < 4.78 is 6.69. The molecular formula is C24H54NOSi+. The number of hydrogen-bond donors (Lipinski definition) is 0. The summed E-state index contributed by atoms with van der Waals surface area (Å²) >= 11 is 0. The van der Waals surface area contributed by atoms with E-state index in [9.17, 15) is 0 Å². The van der Waals surface area contributed by atoms with Gasteiger partial charge in [0.05, 0.1) is 26.2 Å². The van der Waals surface area contributed by atoms with Crippen LogP contribution in [-0.4, -0.2) is 47.5 Å². The summed E-state index contributed by atoms with van der Waals surface area (Å²) in [5.74, 6) is 0. The molecule has 0 amide bonds. The lowest BCUT2D eigenvalue weighted by atomic mass is 10.0. The van der Waals surface area contributed by atoms with E-state index in [-0.39, 0.29) is 9.76 Å². The molecule has 0 unspecified atom stereocenters. The minimum absolute atomic E-state index is 0.219. The highest BCUT2D eigenvalue weighted by molar-refractivity contribution is 6.26. The van der Waals surface area contributed by atoms with Gasteiger partial charge in [-0.15, -0.1) is 0 Å². The fourth-order valence-corrected chi connectivity index (χ4v) is 5.02. The molecular weight excluding hydrogens is 346 g/mol. The van der Waals surface area contributed by atoms with Crippen molar-refractivity contribution >= 4 is 9.76 Å². The second-order valence-electron chi connectivity index (χ2n) is 8.72. The van der Waals surface area contributed by atoms with E-state index in [1.807, 2.05) is 7.11 Å². The Bertz CT molecular complexity index is 282. The quantitative estimate of drug-likeness (QED) is 0.109. The maximum Gasteiger partial charge on any atom is 0.161 e. The van der Waals surface area contributed by atoms with Crippen molar-refractivity contribution in [2.24, 2.45) is 0 Å². The number of unbranched alkanes of at least 4 members (excludes halogenated alkanes) is 13. The predicted octanol–water partition coefficient (Wildman–Crippen LogP) is 6.86. The molecule has 0 aromatic heterocycles. The number of quaternary nitrogens is 1. The molecule has 27 heavy (non-hydrogen) atoms. The van der Waals surface area contributed by atoms with Crippen molar-refractivity contribution < 1.29 is 8.91 Å². The molecule has 0 rings (SSSR count). The van der Waals surface area contributed by atoms with Crippen LogP contribution in [0.25, 0.3) is 0 Å². The summed E-state index contributed by atoms with van der Waals surface area (Å²) in [5, 5.41) is 0. The first-order chi connectivity index (χ1) is 13.2. The van der Waals surface area contributed by atoms with E-state index in [2.05, 4.69) is 20.8 Å². The third kappa shape index (κ3) is 16.8. The van der Waals surface area contributed by atoms with Gasteiger partial charge in [-0.3, -0.25) is 0 Å². The van der Waals surface area contributed by atoms with Crippen LogP contribution in [-0.2, 0) is 4.43 Å². The fourth-order valence-electron chi connectivity index (χ4n) is 4.30. The minimum Gasteiger partial charge on any atom is -0.427 e. The van der Waals surface area contributed by atoms with Crippen LogP contribution in [0.1, 0.15) is 117 Å². The van der Waals surface area contributed by atoms with Gasteiger partial charge in [0.25, 0.3) is 0 Å².